The molecule has 0 aliphatic carbocycles. The van der Waals surface area contributed by atoms with Crippen LogP contribution >= 0.6 is 0 Å². The zero-order valence-electron chi connectivity index (χ0n) is 14.0. The summed E-state index contributed by atoms with van der Waals surface area (Å²) in [5.74, 6) is -3.35. The number of alkyl halides is 3. The Morgan fingerprint density at radius 2 is 1.73 bits per heavy atom. The number of carbonyl (C=O) groups is 3. The standard InChI is InChI=1S/C14H19NO4.C2HF3O2/c1-2-10-18-19-14(17)8-9-15-13(16)11-12-6-4-3-5-7-12;3-2(4,5)1(6)7/h3-7H,2,8-11H2,1H3,(H,15,16);(H,6,7). The molecule has 146 valence electrons. The van der Waals surface area contributed by atoms with Gasteiger partial charge in [0, 0.05) is 6.54 Å². The van der Waals surface area contributed by atoms with Crippen LogP contribution in [-0.4, -0.2) is 42.3 Å². The highest BCUT2D eigenvalue weighted by Gasteiger charge is 2.38. The van der Waals surface area contributed by atoms with Crippen molar-refractivity contribution in [2.75, 3.05) is 13.2 Å². The van der Waals surface area contributed by atoms with Crippen molar-refractivity contribution in [3.05, 3.63) is 35.9 Å². The maximum absolute atomic E-state index is 11.6. The van der Waals surface area contributed by atoms with Gasteiger partial charge in [0.15, 0.2) is 0 Å². The average molecular weight is 379 g/mol. The summed E-state index contributed by atoms with van der Waals surface area (Å²) in [6, 6.07) is 9.42. The Hall–Kier alpha value is -2.62. The van der Waals surface area contributed by atoms with Crippen LogP contribution in [0.4, 0.5) is 13.2 Å². The predicted octanol–water partition coefficient (Wildman–Crippen LogP) is 2.25. The van der Waals surface area contributed by atoms with E-state index in [-0.39, 0.29) is 18.9 Å². The second-order valence-electron chi connectivity index (χ2n) is 4.84. The summed E-state index contributed by atoms with van der Waals surface area (Å²) in [4.78, 5) is 40.7. The molecule has 0 radical (unpaired) electrons. The van der Waals surface area contributed by atoms with E-state index in [0.29, 0.717) is 13.0 Å². The minimum absolute atomic E-state index is 0.101. The average Bonchev–Trinajstić information content (AvgIpc) is 2.55. The van der Waals surface area contributed by atoms with Crippen molar-refractivity contribution in [2.45, 2.75) is 32.4 Å². The van der Waals surface area contributed by atoms with Crippen molar-refractivity contribution in [1.82, 2.24) is 5.32 Å². The molecule has 1 aromatic carbocycles. The highest BCUT2D eigenvalue weighted by molar-refractivity contribution is 5.79. The largest absolute Gasteiger partial charge is 0.490 e. The molecule has 0 bridgehead atoms. The molecule has 0 aliphatic heterocycles. The number of halogens is 3. The van der Waals surface area contributed by atoms with E-state index < -0.39 is 18.1 Å². The van der Waals surface area contributed by atoms with Crippen LogP contribution < -0.4 is 5.32 Å². The van der Waals surface area contributed by atoms with E-state index in [1.165, 1.54) is 0 Å². The molecule has 0 spiro atoms. The number of carboxylic acid groups (broad SMARTS) is 1. The third kappa shape index (κ3) is 12.8. The van der Waals surface area contributed by atoms with E-state index in [4.69, 9.17) is 9.90 Å². The highest BCUT2D eigenvalue weighted by Crippen LogP contribution is 2.13. The fraction of sp³-hybridized carbons (Fsp3) is 0.438. The first-order valence-electron chi connectivity index (χ1n) is 7.59. The first-order valence-corrected chi connectivity index (χ1v) is 7.59. The lowest BCUT2D eigenvalue weighted by Gasteiger charge is -2.05. The molecule has 0 heterocycles. The molecule has 2 N–H and O–H groups in total. The lowest BCUT2D eigenvalue weighted by atomic mass is 10.1. The molecule has 0 saturated heterocycles. The third-order valence-electron chi connectivity index (χ3n) is 2.54. The number of aliphatic carboxylic acids is 1. The molecule has 0 aliphatic rings. The second-order valence-corrected chi connectivity index (χ2v) is 4.84. The lowest BCUT2D eigenvalue weighted by molar-refractivity contribution is -0.272. The monoisotopic (exact) mass is 379 g/mol. The number of carbonyl (C=O) groups excluding carboxylic acids is 2. The van der Waals surface area contributed by atoms with Crippen molar-refractivity contribution < 1.29 is 42.4 Å². The Balaban J connectivity index is 0.000000758. The zero-order valence-corrected chi connectivity index (χ0v) is 14.0. The fourth-order valence-electron chi connectivity index (χ4n) is 1.38. The molecule has 10 heteroatoms. The number of amides is 1. The summed E-state index contributed by atoms with van der Waals surface area (Å²) in [5.41, 5.74) is 0.939. The van der Waals surface area contributed by atoms with Gasteiger partial charge in [0.25, 0.3) is 0 Å². The van der Waals surface area contributed by atoms with Crippen LogP contribution in [0.15, 0.2) is 30.3 Å². The van der Waals surface area contributed by atoms with Crippen molar-refractivity contribution in [1.29, 1.82) is 0 Å². The van der Waals surface area contributed by atoms with Gasteiger partial charge >= 0.3 is 18.1 Å². The van der Waals surface area contributed by atoms with Crippen molar-refractivity contribution in [2.24, 2.45) is 0 Å². The van der Waals surface area contributed by atoms with Crippen LogP contribution in [0.25, 0.3) is 0 Å². The minimum Gasteiger partial charge on any atom is -0.475 e. The van der Waals surface area contributed by atoms with E-state index in [1.807, 2.05) is 37.3 Å². The Labute approximate surface area is 148 Å². The van der Waals surface area contributed by atoms with Gasteiger partial charge in [0.2, 0.25) is 5.91 Å². The summed E-state index contributed by atoms with van der Waals surface area (Å²) in [6.07, 6.45) is -3.90. The van der Waals surface area contributed by atoms with E-state index in [2.05, 4.69) is 15.1 Å². The number of carboxylic acids is 1. The molecule has 1 amide bonds. The molecule has 26 heavy (non-hydrogen) atoms. The van der Waals surface area contributed by atoms with Gasteiger partial charge in [-0.25, -0.2) is 9.59 Å². The van der Waals surface area contributed by atoms with Gasteiger partial charge < -0.3 is 10.4 Å². The van der Waals surface area contributed by atoms with E-state index in [1.54, 1.807) is 0 Å². The molecule has 7 nitrogen and oxygen atoms in total. The van der Waals surface area contributed by atoms with Crippen LogP contribution in [0.5, 0.6) is 0 Å². The van der Waals surface area contributed by atoms with Crippen LogP contribution in [0.2, 0.25) is 0 Å². The molecule has 1 rings (SSSR count). The van der Waals surface area contributed by atoms with Gasteiger partial charge in [0.05, 0.1) is 19.4 Å². The summed E-state index contributed by atoms with van der Waals surface area (Å²) >= 11 is 0. The Bertz CT molecular complexity index is 563. The number of rotatable bonds is 8. The van der Waals surface area contributed by atoms with Crippen molar-refractivity contribution in [3.63, 3.8) is 0 Å². The van der Waals surface area contributed by atoms with Gasteiger partial charge in [-0.2, -0.15) is 18.1 Å². The van der Waals surface area contributed by atoms with E-state index in [9.17, 15) is 22.8 Å². The van der Waals surface area contributed by atoms with Crippen molar-refractivity contribution >= 4 is 17.8 Å². The zero-order chi connectivity index (χ0) is 20.0. The number of hydrogen-bond acceptors (Lipinski definition) is 5. The quantitative estimate of drug-likeness (QED) is 0.408. The number of benzene rings is 1. The number of nitrogens with one attached hydrogen (secondary N) is 1. The molecular weight excluding hydrogens is 359 g/mol. The van der Waals surface area contributed by atoms with Gasteiger partial charge in [0.1, 0.15) is 0 Å². The Morgan fingerprint density at radius 3 is 2.23 bits per heavy atom. The first-order chi connectivity index (χ1) is 12.2. The van der Waals surface area contributed by atoms with Crippen LogP contribution in [0.3, 0.4) is 0 Å². The lowest BCUT2D eigenvalue weighted by Crippen LogP contribution is -2.27. The predicted molar refractivity (Wildman–Crippen MR) is 83.8 cm³/mol. The van der Waals surface area contributed by atoms with Gasteiger partial charge in [-0.05, 0) is 12.0 Å². The number of hydrogen-bond donors (Lipinski definition) is 2. The smallest absolute Gasteiger partial charge is 0.475 e. The van der Waals surface area contributed by atoms with Gasteiger partial charge in [-0.1, -0.05) is 37.3 Å². The summed E-state index contributed by atoms with van der Waals surface area (Å²) in [5, 5.41) is 9.78. The minimum atomic E-state index is -5.08. The van der Waals surface area contributed by atoms with Gasteiger partial charge in [-0.15, -0.1) is 0 Å². The third-order valence-corrected chi connectivity index (χ3v) is 2.54. The normalized spacial score (nSPS) is 10.3. The summed E-state index contributed by atoms with van der Waals surface area (Å²) in [7, 11) is 0. The SMILES string of the molecule is CCCOOC(=O)CCNC(=O)Cc1ccccc1.O=C(O)C(F)(F)F. The summed E-state index contributed by atoms with van der Waals surface area (Å²) < 4.78 is 31.7. The molecule has 0 fully saturated rings. The fourth-order valence-corrected chi connectivity index (χ4v) is 1.38. The van der Waals surface area contributed by atoms with E-state index in [0.717, 1.165) is 12.0 Å². The molecule has 0 saturated carbocycles. The van der Waals surface area contributed by atoms with Crippen molar-refractivity contribution in [3.8, 4) is 0 Å². The Morgan fingerprint density at radius 1 is 1.15 bits per heavy atom. The maximum Gasteiger partial charge on any atom is 0.490 e. The van der Waals surface area contributed by atoms with Crippen LogP contribution in [-0.2, 0) is 30.6 Å². The summed E-state index contributed by atoms with van der Waals surface area (Å²) in [6.45, 7) is 2.55. The molecule has 0 unspecified atom stereocenters. The van der Waals surface area contributed by atoms with Gasteiger partial charge in [-0.3, -0.25) is 9.68 Å². The topological polar surface area (TPSA) is 102 Å². The Kier molecular flexibility index (Phi) is 11.4. The molecule has 0 atom stereocenters. The maximum atomic E-state index is 11.6. The molecular formula is C16H20F3NO6. The molecule has 0 aromatic heterocycles. The second kappa shape index (κ2) is 12.7. The first kappa shape index (κ1) is 23.4. The van der Waals surface area contributed by atoms with E-state index >= 15 is 0 Å². The van der Waals surface area contributed by atoms with Crippen LogP contribution in [0, 0.1) is 0 Å². The highest BCUT2D eigenvalue weighted by atomic mass is 19.4. The van der Waals surface area contributed by atoms with Crippen LogP contribution in [0.1, 0.15) is 25.3 Å². The molecule has 1 aromatic rings.